The van der Waals surface area contributed by atoms with E-state index in [2.05, 4.69) is 4.98 Å². The zero-order chi connectivity index (χ0) is 12.3. The lowest BCUT2D eigenvalue weighted by atomic mass is 10.1. The molecular formula is C13H13NO3. The molecule has 0 aliphatic rings. The van der Waals surface area contributed by atoms with Crippen LogP contribution in [0.3, 0.4) is 0 Å². The second-order valence-electron chi connectivity index (χ2n) is 3.71. The summed E-state index contributed by atoms with van der Waals surface area (Å²) in [6.07, 6.45) is 2.21. The van der Waals surface area contributed by atoms with Crippen LogP contribution >= 0.6 is 0 Å². The van der Waals surface area contributed by atoms with Gasteiger partial charge in [0.1, 0.15) is 11.4 Å². The van der Waals surface area contributed by atoms with Crippen molar-refractivity contribution in [3.8, 4) is 5.75 Å². The monoisotopic (exact) mass is 231 g/mol. The third-order valence-corrected chi connectivity index (χ3v) is 2.58. The van der Waals surface area contributed by atoms with Gasteiger partial charge in [-0.25, -0.2) is 4.79 Å². The summed E-state index contributed by atoms with van der Waals surface area (Å²) in [7, 11) is 1.61. The largest absolute Gasteiger partial charge is 0.497 e. The second kappa shape index (κ2) is 4.74. The van der Waals surface area contributed by atoms with E-state index in [0.717, 1.165) is 16.9 Å². The Bertz CT molecular complexity index is 531. The topological polar surface area (TPSA) is 62.3 Å². The lowest BCUT2D eigenvalue weighted by molar-refractivity contribution is 0.0690. The lowest BCUT2D eigenvalue weighted by Gasteiger charge is -2.04. The van der Waals surface area contributed by atoms with Gasteiger partial charge < -0.3 is 14.8 Å². The number of carboxylic acids is 1. The Kier molecular flexibility index (Phi) is 3.14. The van der Waals surface area contributed by atoms with E-state index in [9.17, 15) is 4.79 Å². The molecule has 0 radical (unpaired) electrons. The van der Waals surface area contributed by atoms with Gasteiger partial charge in [0.05, 0.1) is 7.11 Å². The predicted molar refractivity (Wildman–Crippen MR) is 63.6 cm³/mol. The molecule has 1 aromatic heterocycles. The number of aromatic carboxylic acids is 1. The molecule has 0 fully saturated rings. The molecule has 2 N–H and O–H groups in total. The Labute approximate surface area is 98.9 Å². The van der Waals surface area contributed by atoms with Crippen LogP contribution in [-0.2, 0) is 6.42 Å². The van der Waals surface area contributed by atoms with Crippen molar-refractivity contribution >= 4 is 5.97 Å². The Morgan fingerprint density at radius 2 is 2.24 bits per heavy atom. The van der Waals surface area contributed by atoms with Gasteiger partial charge in [-0.3, -0.25) is 0 Å². The number of methoxy groups -OCH3 is 1. The highest BCUT2D eigenvalue weighted by Crippen LogP contribution is 2.17. The van der Waals surface area contributed by atoms with Crippen molar-refractivity contribution in [1.29, 1.82) is 0 Å². The number of aromatic amines is 1. The van der Waals surface area contributed by atoms with Crippen molar-refractivity contribution in [2.75, 3.05) is 7.11 Å². The molecule has 4 heteroatoms. The number of carboxylic acid groups (broad SMARTS) is 1. The van der Waals surface area contributed by atoms with Crippen LogP contribution in [0.2, 0.25) is 0 Å². The number of aromatic nitrogens is 1. The minimum Gasteiger partial charge on any atom is -0.497 e. The van der Waals surface area contributed by atoms with Crippen LogP contribution in [-0.4, -0.2) is 23.2 Å². The highest BCUT2D eigenvalue weighted by Gasteiger charge is 2.11. The first kappa shape index (κ1) is 11.3. The summed E-state index contributed by atoms with van der Waals surface area (Å²) in [6, 6.07) is 9.38. The fraction of sp³-hybridized carbons (Fsp3) is 0.154. The number of hydrogen-bond acceptors (Lipinski definition) is 2. The highest BCUT2D eigenvalue weighted by atomic mass is 16.5. The van der Waals surface area contributed by atoms with E-state index >= 15 is 0 Å². The molecule has 88 valence electrons. The first-order valence-electron chi connectivity index (χ1n) is 5.23. The van der Waals surface area contributed by atoms with Crippen LogP contribution in [0.25, 0.3) is 0 Å². The van der Waals surface area contributed by atoms with E-state index in [4.69, 9.17) is 9.84 Å². The van der Waals surface area contributed by atoms with E-state index in [1.807, 2.05) is 24.3 Å². The van der Waals surface area contributed by atoms with Crippen molar-refractivity contribution in [2.24, 2.45) is 0 Å². The Balaban J connectivity index is 2.25. The maximum absolute atomic E-state index is 10.9. The fourth-order valence-corrected chi connectivity index (χ4v) is 1.75. The summed E-state index contributed by atoms with van der Waals surface area (Å²) in [5.74, 6) is -0.164. The number of benzene rings is 1. The molecule has 4 nitrogen and oxygen atoms in total. The van der Waals surface area contributed by atoms with Gasteiger partial charge in [0.25, 0.3) is 0 Å². The van der Waals surface area contributed by atoms with Gasteiger partial charge in [-0.05, 0) is 35.7 Å². The fourth-order valence-electron chi connectivity index (χ4n) is 1.75. The van der Waals surface area contributed by atoms with Gasteiger partial charge >= 0.3 is 5.97 Å². The third-order valence-electron chi connectivity index (χ3n) is 2.58. The first-order valence-corrected chi connectivity index (χ1v) is 5.23. The summed E-state index contributed by atoms with van der Waals surface area (Å²) in [5, 5.41) is 8.98. The molecule has 0 amide bonds. The maximum Gasteiger partial charge on any atom is 0.352 e. The maximum atomic E-state index is 10.9. The third kappa shape index (κ3) is 2.47. The molecule has 0 saturated carbocycles. The zero-order valence-electron chi connectivity index (χ0n) is 9.43. The smallest absolute Gasteiger partial charge is 0.352 e. The Hall–Kier alpha value is -2.23. The van der Waals surface area contributed by atoms with Crippen molar-refractivity contribution in [3.05, 3.63) is 53.3 Å². The molecule has 0 saturated heterocycles. The van der Waals surface area contributed by atoms with Crippen molar-refractivity contribution < 1.29 is 14.6 Å². The Morgan fingerprint density at radius 1 is 1.41 bits per heavy atom. The summed E-state index contributed by atoms with van der Waals surface area (Å²) in [5.41, 5.74) is 2.03. The Morgan fingerprint density at radius 3 is 2.94 bits per heavy atom. The molecular weight excluding hydrogens is 218 g/mol. The standard InChI is InChI=1S/C13H13NO3/c1-17-11-4-2-3-9(8-11)7-10-5-6-14-12(10)13(15)16/h2-6,8,14H,7H2,1H3,(H,15,16). The summed E-state index contributed by atoms with van der Waals surface area (Å²) >= 11 is 0. The van der Waals surface area contributed by atoms with Crippen molar-refractivity contribution in [2.45, 2.75) is 6.42 Å². The molecule has 0 aliphatic heterocycles. The highest BCUT2D eigenvalue weighted by molar-refractivity contribution is 5.87. The molecule has 2 rings (SSSR count). The molecule has 0 atom stereocenters. The van der Waals surface area contributed by atoms with Crippen LogP contribution in [0.5, 0.6) is 5.75 Å². The molecule has 0 bridgehead atoms. The molecule has 17 heavy (non-hydrogen) atoms. The van der Waals surface area contributed by atoms with E-state index in [0.29, 0.717) is 6.42 Å². The summed E-state index contributed by atoms with van der Waals surface area (Å²) in [6.45, 7) is 0. The number of ether oxygens (including phenoxy) is 1. The molecule has 0 aliphatic carbocycles. The van der Waals surface area contributed by atoms with E-state index in [-0.39, 0.29) is 5.69 Å². The quantitative estimate of drug-likeness (QED) is 0.848. The minimum absolute atomic E-state index is 0.243. The SMILES string of the molecule is COc1cccc(Cc2cc[nH]c2C(=O)O)c1. The molecule has 1 heterocycles. The molecule has 1 aromatic carbocycles. The van der Waals surface area contributed by atoms with Crippen LogP contribution < -0.4 is 4.74 Å². The van der Waals surface area contributed by atoms with E-state index in [1.54, 1.807) is 19.4 Å². The van der Waals surface area contributed by atoms with Gasteiger partial charge in [0.2, 0.25) is 0 Å². The number of carbonyl (C=O) groups is 1. The number of hydrogen-bond donors (Lipinski definition) is 2. The van der Waals surface area contributed by atoms with Gasteiger partial charge in [0, 0.05) is 6.20 Å². The van der Waals surface area contributed by atoms with Crippen molar-refractivity contribution in [3.63, 3.8) is 0 Å². The summed E-state index contributed by atoms with van der Waals surface area (Å²) in [4.78, 5) is 13.7. The minimum atomic E-state index is -0.937. The first-order chi connectivity index (χ1) is 8.20. The van der Waals surface area contributed by atoms with Crippen LogP contribution in [0.4, 0.5) is 0 Å². The van der Waals surface area contributed by atoms with Crippen LogP contribution in [0.15, 0.2) is 36.5 Å². The average Bonchev–Trinajstić information content (AvgIpc) is 2.77. The van der Waals surface area contributed by atoms with Gasteiger partial charge in [-0.15, -0.1) is 0 Å². The molecule has 0 unspecified atom stereocenters. The number of H-pyrrole nitrogens is 1. The molecule has 0 spiro atoms. The van der Waals surface area contributed by atoms with E-state index in [1.165, 1.54) is 0 Å². The van der Waals surface area contributed by atoms with Crippen molar-refractivity contribution in [1.82, 2.24) is 4.98 Å². The number of nitrogens with one attached hydrogen (secondary N) is 1. The average molecular weight is 231 g/mol. The van der Waals surface area contributed by atoms with Gasteiger partial charge in [0.15, 0.2) is 0 Å². The summed E-state index contributed by atoms with van der Waals surface area (Å²) < 4.78 is 5.13. The van der Waals surface area contributed by atoms with Crippen LogP contribution in [0, 0.1) is 0 Å². The van der Waals surface area contributed by atoms with Gasteiger partial charge in [-0.2, -0.15) is 0 Å². The predicted octanol–water partition coefficient (Wildman–Crippen LogP) is 2.31. The van der Waals surface area contributed by atoms with E-state index < -0.39 is 5.97 Å². The van der Waals surface area contributed by atoms with Gasteiger partial charge in [-0.1, -0.05) is 12.1 Å². The molecule has 2 aromatic rings. The number of rotatable bonds is 4. The zero-order valence-corrected chi connectivity index (χ0v) is 9.43. The lowest BCUT2D eigenvalue weighted by Crippen LogP contribution is -2.01. The second-order valence-corrected chi connectivity index (χ2v) is 3.71. The normalized spacial score (nSPS) is 10.2. The van der Waals surface area contributed by atoms with Crippen LogP contribution in [0.1, 0.15) is 21.6 Å².